The van der Waals surface area contributed by atoms with Crippen molar-refractivity contribution in [2.24, 2.45) is 5.92 Å². The first-order valence-corrected chi connectivity index (χ1v) is 9.75. The predicted molar refractivity (Wildman–Crippen MR) is 109 cm³/mol. The van der Waals surface area contributed by atoms with E-state index in [1.54, 1.807) is 24.4 Å². The standard InChI is InChI=1S/C22H23N5O/c1-27-13-14(7-8-21(28)25-20-6-3-9-24-26-20)10-17-16-4-2-5-18-22(16)15(12-23-18)11-19(17)27/h2-9,12,14,17,19,23H,10-11,13H2,1H3,(H,25,26,28)/b8-7+/t14-,17-,19-/m1/s1. The fourth-order valence-electron chi connectivity index (χ4n) is 4.88. The normalized spacial score (nSPS) is 24.4. The predicted octanol–water partition coefficient (Wildman–Crippen LogP) is 3.11. The lowest BCUT2D eigenvalue weighted by atomic mass is 9.72. The molecule has 0 bridgehead atoms. The van der Waals surface area contributed by atoms with Gasteiger partial charge in [-0.15, -0.1) is 5.10 Å². The number of rotatable bonds is 3. The van der Waals surface area contributed by atoms with E-state index in [1.807, 2.05) is 6.08 Å². The number of hydrogen-bond donors (Lipinski definition) is 2. The van der Waals surface area contributed by atoms with Crippen molar-refractivity contribution in [1.29, 1.82) is 0 Å². The fourth-order valence-corrected chi connectivity index (χ4v) is 4.88. The molecule has 28 heavy (non-hydrogen) atoms. The summed E-state index contributed by atoms with van der Waals surface area (Å²) in [6, 6.07) is 10.6. The van der Waals surface area contributed by atoms with E-state index in [4.69, 9.17) is 0 Å². The lowest BCUT2D eigenvalue weighted by molar-refractivity contribution is -0.112. The molecule has 0 saturated carbocycles. The minimum Gasteiger partial charge on any atom is -0.361 e. The smallest absolute Gasteiger partial charge is 0.249 e. The van der Waals surface area contributed by atoms with Crippen molar-refractivity contribution in [3.8, 4) is 0 Å². The van der Waals surface area contributed by atoms with Gasteiger partial charge in [-0.3, -0.25) is 4.79 Å². The third kappa shape index (κ3) is 2.99. The number of piperidine rings is 1. The van der Waals surface area contributed by atoms with Crippen LogP contribution in [-0.2, 0) is 11.2 Å². The minimum atomic E-state index is -0.163. The van der Waals surface area contributed by atoms with Crippen LogP contribution in [0.25, 0.3) is 10.9 Å². The summed E-state index contributed by atoms with van der Waals surface area (Å²) in [5, 5.41) is 11.8. The molecule has 2 aliphatic rings. The molecule has 6 nitrogen and oxygen atoms in total. The third-order valence-electron chi connectivity index (χ3n) is 6.10. The van der Waals surface area contributed by atoms with Crippen LogP contribution in [-0.4, -0.2) is 45.6 Å². The molecule has 2 N–H and O–H groups in total. The Bertz CT molecular complexity index is 1040. The fraction of sp³-hybridized carbons (Fsp3) is 0.318. The van der Waals surface area contributed by atoms with E-state index >= 15 is 0 Å². The highest BCUT2D eigenvalue weighted by molar-refractivity contribution is 5.98. The van der Waals surface area contributed by atoms with Crippen molar-refractivity contribution in [1.82, 2.24) is 20.1 Å². The van der Waals surface area contributed by atoms with Crippen LogP contribution in [0.5, 0.6) is 0 Å². The zero-order chi connectivity index (χ0) is 19.1. The molecule has 1 aromatic carbocycles. The Hall–Kier alpha value is -2.99. The van der Waals surface area contributed by atoms with Gasteiger partial charge in [0.25, 0.3) is 0 Å². The summed E-state index contributed by atoms with van der Waals surface area (Å²) >= 11 is 0. The quantitative estimate of drug-likeness (QED) is 0.692. The Morgan fingerprint density at radius 3 is 3.11 bits per heavy atom. The van der Waals surface area contributed by atoms with Crippen molar-refractivity contribution in [3.63, 3.8) is 0 Å². The van der Waals surface area contributed by atoms with E-state index in [-0.39, 0.29) is 5.91 Å². The second kappa shape index (κ2) is 6.87. The van der Waals surface area contributed by atoms with Crippen LogP contribution >= 0.6 is 0 Å². The number of carbonyl (C=O) groups is 1. The lowest BCUT2D eigenvalue weighted by Gasteiger charge is -2.45. The van der Waals surface area contributed by atoms with Crippen LogP contribution in [0.3, 0.4) is 0 Å². The van der Waals surface area contributed by atoms with Crippen molar-refractivity contribution in [3.05, 3.63) is 66.0 Å². The third-order valence-corrected chi connectivity index (χ3v) is 6.10. The van der Waals surface area contributed by atoms with Crippen molar-refractivity contribution in [2.75, 3.05) is 18.9 Å². The largest absolute Gasteiger partial charge is 0.361 e. The Balaban J connectivity index is 1.35. The highest BCUT2D eigenvalue weighted by Gasteiger charge is 2.38. The van der Waals surface area contributed by atoms with Gasteiger partial charge < -0.3 is 15.2 Å². The molecule has 1 amide bonds. The number of carbonyl (C=O) groups excluding carboxylic acids is 1. The first kappa shape index (κ1) is 17.1. The second-order valence-corrected chi connectivity index (χ2v) is 7.85. The van der Waals surface area contributed by atoms with Crippen LogP contribution in [0.15, 0.2) is 54.9 Å². The molecule has 3 heterocycles. The number of amides is 1. The molecule has 5 rings (SSSR count). The molecule has 0 unspecified atom stereocenters. The van der Waals surface area contributed by atoms with E-state index < -0.39 is 0 Å². The Kier molecular flexibility index (Phi) is 4.20. The average Bonchev–Trinajstić information content (AvgIpc) is 3.12. The Morgan fingerprint density at radius 2 is 2.25 bits per heavy atom. The SMILES string of the molecule is CN1C[C@H](/C=C/C(=O)Nc2cccnn2)C[C@@H]2c3cccc4[nH]cc(c34)C[C@H]21. The molecule has 6 heteroatoms. The van der Waals surface area contributed by atoms with E-state index in [2.05, 4.69) is 56.8 Å². The maximum Gasteiger partial charge on any atom is 0.249 e. The molecule has 3 aromatic rings. The number of anilines is 1. The van der Waals surface area contributed by atoms with Gasteiger partial charge in [0.1, 0.15) is 0 Å². The minimum absolute atomic E-state index is 0.163. The van der Waals surface area contributed by atoms with E-state index in [0.29, 0.717) is 23.7 Å². The molecule has 142 valence electrons. The molecule has 1 fully saturated rings. The van der Waals surface area contributed by atoms with Gasteiger partial charge in [0.2, 0.25) is 5.91 Å². The van der Waals surface area contributed by atoms with Crippen molar-refractivity contribution >= 4 is 22.6 Å². The highest BCUT2D eigenvalue weighted by Crippen LogP contribution is 2.44. The summed E-state index contributed by atoms with van der Waals surface area (Å²) < 4.78 is 0. The van der Waals surface area contributed by atoms with E-state index in [0.717, 1.165) is 19.4 Å². The van der Waals surface area contributed by atoms with Gasteiger partial charge in [-0.25, -0.2) is 0 Å². The molecule has 0 spiro atoms. The van der Waals surface area contributed by atoms with Gasteiger partial charge in [-0.05, 0) is 61.2 Å². The summed E-state index contributed by atoms with van der Waals surface area (Å²) in [6.07, 6.45) is 9.58. The van der Waals surface area contributed by atoms with Crippen LogP contribution in [0.1, 0.15) is 23.5 Å². The number of fused-ring (bicyclic) bond motifs is 2. The van der Waals surface area contributed by atoms with Crippen molar-refractivity contribution in [2.45, 2.75) is 24.8 Å². The molecule has 0 radical (unpaired) electrons. The molecule has 1 aliphatic carbocycles. The topological polar surface area (TPSA) is 73.9 Å². The Labute approximate surface area is 163 Å². The monoisotopic (exact) mass is 373 g/mol. The van der Waals surface area contributed by atoms with Gasteiger partial charge in [-0.1, -0.05) is 18.2 Å². The van der Waals surface area contributed by atoms with Gasteiger partial charge in [0.15, 0.2) is 5.82 Å². The molecule has 3 atom stereocenters. The zero-order valence-corrected chi connectivity index (χ0v) is 15.8. The van der Waals surface area contributed by atoms with Gasteiger partial charge in [0, 0.05) is 41.8 Å². The van der Waals surface area contributed by atoms with Crippen LogP contribution in [0, 0.1) is 5.92 Å². The van der Waals surface area contributed by atoms with Gasteiger partial charge in [0.05, 0.1) is 0 Å². The number of benzene rings is 1. The molecular weight excluding hydrogens is 350 g/mol. The van der Waals surface area contributed by atoms with Crippen LogP contribution in [0.4, 0.5) is 5.82 Å². The highest BCUT2D eigenvalue weighted by atomic mass is 16.1. The average molecular weight is 373 g/mol. The number of nitrogens with zero attached hydrogens (tertiary/aromatic N) is 3. The first-order chi connectivity index (χ1) is 13.7. The van der Waals surface area contributed by atoms with Crippen LogP contribution < -0.4 is 5.32 Å². The second-order valence-electron chi connectivity index (χ2n) is 7.85. The number of hydrogen-bond acceptors (Lipinski definition) is 4. The van der Waals surface area contributed by atoms with Gasteiger partial charge in [-0.2, -0.15) is 5.10 Å². The maximum atomic E-state index is 12.2. The molecule has 1 saturated heterocycles. The zero-order valence-electron chi connectivity index (χ0n) is 15.8. The number of aromatic nitrogens is 3. The molecule has 2 aromatic heterocycles. The van der Waals surface area contributed by atoms with Crippen molar-refractivity contribution < 1.29 is 4.79 Å². The number of nitrogens with one attached hydrogen (secondary N) is 2. The summed E-state index contributed by atoms with van der Waals surface area (Å²) in [5.74, 6) is 1.14. The maximum absolute atomic E-state index is 12.2. The summed E-state index contributed by atoms with van der Waals surface area (Å²) in [6.45, 7) is 0.964. The Morgan fingerprint density at radius 1 is 1.32 bits per heavy atom. The summed E-state index contributed by atoms with van der Waals surface area (Å²) in [4.78, 5) is 18.1. The van der Waals surface area contributed by atoms with E-state index in [1.165, 1.54) is 22.0 Å². The van der Waals surface area contributed by atoms with Gasteiger partial charge >= 0.3 is 0 Å². The molecule has 1 aliphatic heterocycles. The number of H-pyrrole nitrogens is 1. The number of likely N-dealkylation sites (N-methyl/N-ethyl adjacent to an activating group) is 1. The first-order valence-electron chi connectivity index (χ1n) is 9.75. The van der Waals surface area contributed by atoms with Crippen LogP contribution in [0.2, 0.25) is 0 Å². The van der Waals surface area contributed by atoms with E-state index in [9.17, 15) is 4.79 Å². The number of aromatic amines is 1. The lowest BCUT2D eigenvalue weighted by Crippen LogP contribution is -2.47. The summed E-state index contributed by atoms with van der Waals surface area (Å²) in [5.41, 5.74) is 4.10. The molecular formula is C22H23N5O. The summed E-state index contributed by atoms with van der Waals surface area (Å²) in [7, 11) is 2.20. The number of likely N-dealkylation sites (tertiary alicyclic amines) is 1.